The lowest BCUT2D eigenvalue weighted by atomic mass is 10.1. The lowest BCUT2D eigenvalue weighted by Crippen LogP contribution is -2.30. The summed E-state index contributed by atoms with van der Waals surface area (Å²) in [4.78, 5) is 41.1. The number of hydrogen-bond acceptors (Lipinski definition) is 4. The summed E-state index contributed by atoms with van der Waals surface area (Å²) in [5.74, 6) is -0.151. The maximum atomic E-state index is 13.0. The van der Waals surface area contributed by atoms with Gasteiger partial charge in [0.1, 0.15) is 5.75 Å². The van der Waals surface area contributed by atoms with Crippen molar-refractivity contribution in [1.82, 2.24) is 0 Å². The number of aryl methyl sites for hydroxylation is 1. The molecule has 0 bridgehead atoms. The smallest absolute Gasteiger partial charge is 0.229 e. The Morgan fingerprint density at radius 1 is 1.07 bits per heavy atom. The zero-order chi connectivity index (χ0) is 21.3. The van der Waals surface area contributed by atoms with Gasteiger partial charge in [0.25, 0.3) is 0 Å². The van der Waals surface area contributed by atoms with Gasteiger partial charge in [-0.2, -0.15) is 0 Å². The molecule has 2 aromatic rings. The summed E-state index contributed by atoms with van der Waals surface area (Å²) in [6.07, 6.45) is 1.46. The number of benzene rings is 2. The van der Waals surface area contributed by atoms with Gasteiger partial charge in [-0.1, -0.05) is 18.2 Å². The Kier molecular flexibility index (Phi) is 5.44. The monoisotopic (exact) mass is 407 g/mol. The van der Waals surface area contributed by atoms with Crippen LogP contribution in [-0.4, -0.2) is 37.9 Å². The molecule has 1 N–H and O–H groups in total. The quantitative estimate of drug-likeness (QED) is 0.826. The Balaban J connectivity index is 1.52. The number of para-hydroxylation sites is 2. The molecule has 2 aromatic carbocycles. The van der Waals surface area contributed by atoms with Gasteiger partial charge in [-0.25, -0.2) is 0 Å². The molecule has 0 radical (unpaired) electrons. The van der Waals surface area contributed by atoms with Crippen molar-refractivity contribution in [3.05, 3.63) is 48.0 Å². The molecular formula is C23H25N3O4. The first-order valence-corrected chi connectivity index (χ1v) is 10.1. The molecule has 7 nitrogen and oxygen atoms in total. The second kappa shape index (κ2) is 8.18. The lowest BCUT2D eigenvalue weighted by molar-refractivity contribution is -0.122. The van der Waals surface area contributed by atoms with Crippen LogP contribution in [0.3, 0.4) is 0 Å². The third kappa shape index (κ3) is 3.75. The zero-order valence-electron chi connectivity index (χ0n) is 17.2. The Hall–Kier alpha value is -3.35. The average molecular weight is 407 g/mol. The van der Waals surface area contributed by atoms with E-state index in [1.54, 1.807) is 23.0 Å². The molecule has 2 heterocycles. The zero-order valence-corrected chi connectivity index (χ0v) is 17.2. The van der Waals surface area contributed by atoms with E-state index in [9.17, 15) is 14.4 Å². The van der Waals surface area contributed by atoms with Crippen molar-refractivity contribution < 1.29 is 19.1 Å². The molecule has 1 unspecified atom stereocenters. The minimum Gasteiger partial charge on any atom is -0.495 e. The molecule has 0 aliphatic carbocycles. The maximum Gasteiger partial charge on any atom is 0.229 e. The lowest BCUT2D eigenvalue weighted by Gasteiger charge is -2.22. The van der Waals surface area contributed by atoms with Crippen LogP contribution in [0.15, 0.2) is 42.5 Å². The van der Waals surface area contributed by atoms with E-state index in [2.05, 4.69) is 5.32 Å². The van der Waals surface area contributed by atoms with Crippen LogP contribution in [0, 0.1) is 12.8 Å². The fourth-order valence-electron chi connectivity index (χ4n) is 4.08. The minimum atomic E-state index is -0.481. The Bertz CT molecular complexity index is 1000. The third-order valence-electron chi connectivity index (χ3n) is 5.65. The number of rotatable bonds is 5. The van der Waals surface area contributed by atoms with Crippen LogP contribution in [-0.2, 0) is 14.4 Å². The molecule has 3 amide bonds. The van der Waals surface area contributed by atoms with E-state index in [1.807, 2.05) is 43.3 Å². The van der Waals surface area contributed by atoms with Crippen LogP contribution in [0.1, 0.15) is 24.8 Å². The van der Waals surface area contributed by atoms with Crippen molar-refractivity contribution in [3.63, 3.8) is 0 Å². The number of anilines is 3. The number of carbonyl (C=O) groups excluding carboxylic acids is 3. The third-order valence-corrected chi connectivity index (χ3v) is 5.65. The van der Waals surface area contributed by atoms with E-state index in [4.69, 9.17) is 4.74 Å². The van der Waals surface area contributed by atoms with Gasteiger partial charge in [-0.05, 0) is 43.2 Å². The van der Waals surface area contributed by atoms with Crippen LogP contribution in [0.5, 0.6) is 5.75 Å². The molecule has 2 saturated heterocycles. The highest BCUT2D eigenvalue weighted by Crippen LogP contribution is 2.35. The molecule has 4 rings (SSSR count). The number of nitrogens with one attached hydrogen (secondary N) is 1. The summed E-state index contributed by atoms with van der Waals surface area (Å²) in [6, 6.07) is 12.9. The van der Waals surface area contributed by atoms with Crippen molar-refractivity contribution in [3.8, 4) is 5.75 Å². The summed E-state index contributed by atoms with van der Waals surface area (Å²) < 4.78 is 5.40. The molecule has 7 heteroatoms. The molecule has 30 heavy (non-hydrogen) atoms. The van der Waals surface area contributed by atoms with Crippen LogP contribution in [0.4, 0.5) is 17.1 Å². The highest BCUT2D eigenvalue weighted by Gasteiger charge is 2.37. The fourth-order valence-corrected chi connectivity index (χ4v) is 4.08. The number of carbonyl (C=O) groups is 3. The second-order valence-corrected chi connectivity index (χ2v) is 7.74. The van der Waals surface area contributed by atoms with E-state index >= 15 is 0 Å². The summed E-state index contributed by atoms with van der Waals surface area (Å²) in [7, 11) is 1.56. The fraction of sp³-hybridized carbons (Fsp3) is 0.348. The van der Waals surface area contributed by atoms with Crippen molar-refractivity contribution in [2.75, 3.05) is 35.3 Å². The Morgan fingerprint density at radius 3 is 2.60 bits per heavy atom. The van der Waals surface area contributed by atoms with Crippen LogP contribution in [0.25, 0.3) is 0 Å². The second-order valence-electron chi connectivity index (χ2n) is 7.74. The standard InChI is InChI=1S/C23H25N3O4/c1-15-9-10-20(30-2)19(12-15)26-14-16(13-22(26)28)23(29)24-17-6-3-4-7-18(17)25-11-5-8-21(25)27/h3-4,6-7,9-10,12,16H,5,8,11,13-14H2,1-2H3,(H,24,29). The normalized spacial score (nSPS) is 18.8. The van der Waals surface area contributed by atoms with Gasteiger partial charge in [-0.15, -0.1) is 0 Å². The SMILES string of the molecule is COc1ccc(C)cc1N1CC(C(=O)Nc2ccccc2N2CCCC2=O)CC1=O. The highest BCUT2D eigenvalue weighted by molar-refractivity contribution is 6.06. The van der Waals surface area contributed by atoms with Crippen molar-refractivity contribution in [2.45, 2.75) is 26.2 Å². The molecule has 0 saturated carbocycles. The van der Waals surface area contributed by atoms with Gasteiger partial charge in [0.15, 0.2) is 0 Å². The van der Waals surface area contributed by atoms with Gasteiger partial charge in [0.05, 0.1) is 30.1 Å². The van der Waals surface area contributed by atoms with Crippen LogP contribution >= 0.6 is 0 Å². The maximum absolute atomic E-state index is 13.0. The number of amides is 3. The van der Waals surface area contributed by atoms with E-state index in [0.717, 1.165) is 12.0 Å². The summed E-state index contributed by atoms with van der Waals surface area (Å²) in [5.41, 5.74) is 2.99. The van der Waals surface area contributed by atoms with Gasteiger partial charge in [0, 0.05) is 25.9 Å². The van der Waals surface area contributed by atoms with E-state index < -0.39 is 5.92 Å². The molecule has 0 aromatic heterocycles. The van der Waals surface area contributed by atoms with Gasteiger partial charge >= 0.3 is 0 Å². The number of nitrogens with zero attached hydrogens (tertiary/aromatic N) is 2. The first-order valence-electron chi connectivity index (χ1n) is 10.1. The first kappa shape index (κ1) is 19.9. The van der Waals surface area contributed by atoms with Gasteiger partial charge < -0.3 is 19.9 Å². The van der Waals surface area contributed by atoms with Crippen LogP contribution in [0.2, 0.25) is 0 Å². The molecular weight excluding hydrogens is 382 g/mol. The van der Waals surface area contributed by atoms with E-state index in [0.29, 0.717) is 35.8 Å². The topological polar surface area (TPSA) is 79.0 Å². The predicted molar refractivity (Wildman–Crippen MR) is 115 cm³/mol. The van der Waals surface area contributed by atoms with E-state index in [-0.39, 0.29) is 30.7 Å². The minimum absolute atomic E-state index is 0.0606. The molecule has 2 aliphatic heterocycles. The number of ether oxygens (including phenoxy) is 1. The van der Waals surface area contributed by atoms with Crippen molar-refractivity contribution >= 4 is 34.8 Å². The highest BCUT2D eigenvalue weighted by atomic mass is 16.5. The summed E-state index contributed by atoms with van der Waals surface area (Å²) in [6.45, 7) is 2.88. The Labute approximate surface area is 175 Å². The molecule has 1 atom stereocenters. The van der Waals surface area contributed by atoms with Crippen molar-refractivity contribution in [2.24, 2.45) is 5.92 Å². The molecule has 0 spiro atoms. The predicted octanol–water partition coefficient (Wildman–Crippen LogP) is 3.12. The average Bonchev–Trinajstić information content (AvgIpc) is 3.34. The number of hydrogen-bond donors (Lipinski definition) is 1. The van der Waals surface area contributed by atoms with E-state index in [1.165, 1.54) is 0 Å². The first-order chi connectivity index (χ1) is 14.5. The van der Waals surface area contributed by atoms with Crippen LogP contribution < -0.4 is 19.9 Å². The Morgan fingerprint density at radius 2 is 1.87 bits per heavy atom. The molecule has 2 aliphatic rings. The van der Waals surface area contributed by atoms with Crippen molar-refractivity contribution in [1.29, 1.82) is 0 Å². The molecule has 156 valence electrons. The molecule has 2 fully saturated rings. The number of methoxy groups -OCH3 is 1. The largest absolute Gasteiger partial charge is 0.495 e. The summed E-state index contributed by atoms with van der Waals surface area (Å²) >= 11 is 0. The summed E-state index contributed by atoms with van der Waals surface area (Å²) in [5, 5.41) is 2.94. The van der Waals surface area contributed by atoms with Gasteiger partial charge in [0.2, 0.25) is 17.7 Å². The van der Waals surface area contributed by atoms with Gasteiger partial charge in [-0.3, -0.25) is 14.4 Å².